The van der Waals surface area contributed by atoms with Crippen molar-refractivity contribution in [3.05, 3.63) is 65.2 Å². The first-order valence-corrected chi connectivity index (χ1v) is 11.1. The fourth-order valence-electron chi connectivity index (χ4n) is 3.35. The number of benzene rings is 2. The summed E-state index contributed by atoms with van der Waals surface area (Å²) < 4.78 is 17.4. The number of thiazole rings is 1. The molecule has 0 saturated carbocycles. The number of ether oxygens (including phenoxy) is 3. The molecule has 33 heavy (non-hydrogen) atoms. The van der Waals surface area contributed by atoms with Crippen LogP contribution in [0.15, 0.2) is 53.9 Å². The minimum Gasteiger partial charge on any atom is -0.497 e. The van der Waals surface area contributed by atoms with Crippen LogP contribution in [0, 0.1) is 6.92 Å². The normalized spacial score (nSPS) is 10.7. The van der Waals surface area contributed by atoms with Gasteiger partial charge in [0.25, 0.3) is 0 Å². The maximum atomic E-state index is 12.8. The summed E-state index contributed by atoms with van der Waals surface area (Å²) in [5, 5.41) is 10.1. The second-order valence-electron chi connectivity index (χ2n) is 7.24. The highest BCUT2D eigenvalue weighted by atomic mass is 32.1. The third-order valence-corrected chi connectivity index (χ3v) is 5.79. The van der Waals surface area contributed by atoms with Gasteiger partial charge >= 0.3 is 0 Å². The predicted molar refractivity (Wildman–Crippen MR) is 128 cm³/mol. The molecule has 170 valence electrons. The van der Waals surface area contributed by atoms with Gasteiger partial charge in [-0.05, 0) is 48.9 Å². The lowest BCUT2D eigenvalue weighted by atomic mass is 10.1. The molecule has 9 heteroatoms. The SMILES string of the molecule is COc1ccc(-c2csc(-n3nc(C)cc3NC(=O)Cc3ccc(OC)c(OC)c3)n2)cc1. The molecule has 0 atom stereocenters. The van der Waals surface area contributed by atoms with Crippen LogP contribution >= 0.6 is 11.3 Å². The van der Waals surface area contributed by atoms with Crippen LogP contribution in [-0.2, 0) is 11.2 Å². The van der Waals surface area contributed by atoms with Crippen LogP contribution in [0.1, 0.15) is 11.3 Å². The van der Waals surface area contributed by atoms with Gasteiger partial charge < -0.3 is 19.5 Å². The van der Waals surface area contributed by atoms with E-state index >= 15 is 0 Å². The molecule has 2 aromatic heterocycles. The number of nitrogens with one attached hydrogen (secondary N) is 1. The number of nitrogens with zero attached hydrogens (tertiary/aromatic N) is 3. The smallest absolute Gasteiger partial charge is 0.229 e. The second-order valence-corrected chi connectivity index (χ2v) is 8.08. The monoisotopic (exact) mass is 464 g/mol. The fraction of sp³-hybridized carbons (Fsp3) is 0.208. The van der Waals surface area contributed by atoms with E-state index in [0.29, 0.717) is 22.4 Å². The number of carbonyl (C=O) groups is 1. The number of hydrogen-bond donors (Lipinski definition) is 1. The molecular formula is C24H24N4O4S. The van der Waals surface area contributed by atoms with Gasteiger partial charge in [-0.1, -0.05) is 6.07 Å². The number of anilines is 1. The van der Waals surface area contributed by atoms with Crippen molar-refractivity contribution in [3.8, 4) is 33.6 Å². The van der Waals surface area contributed by atoms with E-state index in [1.54, 1.807) is 38.1 Å². The molecular weight excluding hydrogens is 440 g/mol. The first-order valence-electron chi connectivity index (χ1n) is 10.2. The summed E-state index contributed by atoms with van der Waals surface area (Å²) in [6.45, 7) is 1.87. The average molecular weight is 465 g/mol. The number of rotatable bonds is 8. The van der Waals surface area contributed by atoms with E-state index in [1.165, 1.54) is 11.3 Å². The Bertz CT molecular complexity index is 1260. The van der Waals surface area contributed by atoms with Crippen molar-refractivity contribution >= 4 is 23.1 Å². The van der Waals surface area contributed by atoms with Gasteiger partial charge in [0.1, 0.15) is 11.6 Å². The molecule has 0 aliphatic carbocycles. The summed E-state index contributed by atoms with van der Waals surface area (Å²) in [5.41, 5.74) is 3.39. The van der Waals surface area contributed by atoms with Gasteiger partial charge in [0.05, 0.1) is 39.1 Å². The van der Waals surface area contributed by atoms with E-state index in [2.05, 4.69) is 10.4 Å². The molecule has 2 heterocycles. The first-order chi connectivity index (χ1) is 16.0. The molecule has 0 unspecified atom stereocenters. The number of methoxy groups -OCH3 is 3. The number of hydrogen-bond acceptors (Lipinski definition) is 7. The van der Waals surface area contributed by atoms with E-state index in [9.17, 15) is 4.79 Å². The Morgan fingerprint density at radius 2 is 1.76 bits per heavy atom. The Morgan fingerprint density at radius 3 is 2.45 bits per heavy atom. The highest BCUT2D eigenvalue weighted by Crippen LogP contribution is 2.29. The molecule has 0 saturated heterocycles. The van der Waals surface area contributed by atoms with Gasteiger partial charge in [-0.2, -0.15) is 9.78 Å². The van der Waals surface area contributed by atoms with Crippen molar-refractivity contribution in [1.29, 1.82) is 0 Å². The molecule has 0 spiro atoms. The molecule has 8 nitrogen and oxygen atoms in total. The minimum atomic E-state index is -0.171. The van der Waals surface area contributed by atoms with Crippen molar-refractivity contribution in [3.63, 3.8) is 0 Å². The Morgan fingerprint density at radius 1 is 1.00 bits per heavy atom. The third-order valence-electron chi connectivity index (χ3n) is 4.97. The number of aromatic nitrogens is 3. The van der Waals surface area contributed by atoms with Crippen molar-refractivity contribution in [2.75, 3.05) is 26.6 Å². The Hall–Kier alpha value is -3.85. The molecule has 0 radical (unpaired) electrons. The summed E-state index contributed by atoms with van der Waals surface area (Å²) in [4.78, 5) is 17.5. The van der Waals surface area contributed by atoms with Crippen molar-refractivity contribution < 1.29 is 19.0 Å². The van der Waals surface area contributed by atoms with E-state index in [4.69, 9.17) is 19.2 Å². The summed E-state index contributed by atoms with van der Waals surface area (Å²) in [7, 11) is 4.78. The Kier molecular flexibility index (Phi) is 6.60. The molecule has 0 aliphatic rings. The van der Waals surface area contributed by atoms with Crippen LogP contribution in [-0.4, -0.2) is 42.0 Å². The maximum Gasteiger partial charge on any atom is 0.229 e. The van der Waals surface area contributed by atoms with Gasteiger partial charge in [-0.15, -0.1) is 11.3 Å². The summed E-state index contributed by atoms with van der Waals surface area (Å²) in [6.07, 6.45) is 0.180. The van der Waals surface area contributed by atoms with Crippen LogP contribution in [0.25, 0.3) is 16.4 Å². The zero-order chi connectivity index (χ0) is 23.4. The minimum absolute atomic E-state index is 0.171. The van der Waals surface area contributed by atoms with Gasteiger partial charge in [0.15, 0.2) is 11.5 Å². The molecule has 1 amide bonds. The van der Waals surface area contributed by atoms with Crippen molar-refractivity contribution in [2.24, 2.45) is 0 Å². The van der Waals surface area contributed by atoms with Crippen molar-refractivity contribution in [2.45, 2.75) is 13.3 Å². The highest BCUT2D eigenvalue weighted by molar-refractivity contribution is 7.12. The van der Waals surface area contributed by atoms with Crippen LogP contribution in [0.2, 0.25) is 0 Å². The third kappa shape index (κ3) is 4.98. The molecule has 4 aromatic rings. The Labute approximate surface area is 195 Å². The zero-order valence-electron chi connectivity index (χ0n) is 18.8. The van der Waals surface area contributed by atoms with E-state index in [1.807, 2.05) is 48.7 Å². The number of carbonyl (C=O) groups excluding carboxylic acids is 1. The molecule has 1 N–H and O–H groups in total. The lowest BCUT2D eigenvalue weighted by Gasteiger charge is -2.10. The van der Waals surface area contributed by atoms with Crippen LogP contribution in [0.4, 0.5) is 5.82 Å². The van der Waals surface area contributed by atoms with E-state index in [0.717, 1.165) is 28.3 Å². The molecule has 0 fully saturated rings. The van der Waals surface area contributed by atoms with Crippen LogP contribution in [0.5, 0.6) is 17.2 Å². The summed E-state index contributed by atoms with van der Waals surface area (Å²) in [5.74, 6) is 2.38. The zero-order valence-corrected chi connectivity index (χ0v) is 19.6. The van der Waals surface area contributed by atoms with Gasteiger partial charge in [0.2, 0.25) is 11.0 Å². The summed E-state index contributed by atoms with van der Waals surface area (Å²) in [6, 6.07) is 14.9. The molecule has 0 bridgehead atoms. The second kappa shape index (κ2) is 9.74. The standard InChI is InChI=1S/C24H24N4O4S/c1-15-11-22(26-23(29)13-16-5-10-20(31-3)21(12-16)32-4)28(27-15)24-25-19(14-33-24)17-6-8-18(30-2)9-7-17/h5-12,14H,13H2,1-4H3,(H,26,29). The topological polar surface area (TPSA) is 87.5 Å². The number of aryl methyl sites for hydroxylation is 1. The molecule has 2 aromatic carbocycles. The van der Waals surface area contributed by atoms with Crippen LogP contribution < -0.4 is 19.5 Å². The lowest BCUT2D eigenvalue weighted by molar-refractivity contribution is -0.115. The lowest BCUT2D eigenvalue weighted by Crippen LogP contribution is -2.17. The van der Waals surface area contributed by atoms with Gasteiger partial charge in [-0.3, -0.25) is 4.79 Å². The molecule has 0 aliphatic heterocycles. The number of amides is 1. The van der Waals surface area contributed by atoms with Crippen molar-refractivity contribution in [1.82, 2.24) is 14.8 Å². The first kappa shape index (κ1) is 22.3. The van der Waals surface area contributed by atoms with Gasteiger partial charge in [0, 0.05) is 17.0 Å². The Balaban J connectivity index is 1.52. The fourth-order valence-corrected chi connectivity index (χ4v) is 4.15. The maximum absolute atomic E-state index is 12.8. The highest BCUT2D eigenvalue weighted by Gasteiger charge is 2.16. The van der Waals surface area contributed by atoms with Crippen LogP contribution in [0.3, 0.4) is 0 Å². The molecule has 4 rings (SSSR count). The van der Waals surface area contributed by atoms with Gasteiger partial charge in [-0.25, -0.2) is 4.98 Å². The van der Waals surface area contributed by atoms with E-state index < -0.39 is 0 Å². The predicted octanol–water partition coefficient (Wildman–Crippen LogP) is 4.51. The summed E-state index contributed by atoms with van der Waals surface area (Å²) >= 11 is 1.45. The van der Waals surface area contributed by atoms with E-state index in [-0.39, 0.29) is 12.3 Å². The largest absolute Gasteiger partial charge is 0.497 e. The average Bonchev–Trinajstić information content (AvgIpc) is 3.45. The quantitative estimate of drug-likeness (QED) is 0.413.